The largest absolute Gasteiger partial charge is 0.317 e. The second-order valence-corrected chi connectivity index (χ2v) is 4.09. The minimum absolute atomic E-state index is 0.597. The Hall–Kier alpha value is -1.60. The molecule has 1 aromatic rings. The maximum atomic E-state index is 8.78. The van der Waals surface area contributed by atoms with Crippen LogP contribution in [0.25, 0.3) is 0 Å². The van der Waals surface area contributed by atoms with E-state index in [1.54, 1.807) is 12.4 Å². The van der Waals surface area contributed by atoms with Crippen LogP contribution in [0.1, 0.15) is 31.2 Å². The summed E-state index contributed by atoms with van der Waals surface area (Å²) in [6.07, 6.45) is 8.43. The van der Waals surface area contributed by atoms with Crippen LogP contribution in [0.15, 0.2) is 18.5 Å². The molecule has 1 N–H and O–H groups in total. The van der Waals surface area contributed by atoms with Crippen LogP contribution < -0.4 is 5.43 Å². The van der Waals surface area contributed by atoms with Gasteiger partial charge in [-0.1, -0.05) is 12.8 Å². The molecule has 0 unspecified atom stereocenters. The number of hydrogen-bond donors (Lipinski definition) is 1. The van der Waals surface area contributed by atoms with Crippen molar-refractivity contribution in [1.29, 1.82) is 5.26 Å². The molecule has 1 aromatic heterocycles. The van der Waals surface area contributed by atoms with E-state index in [0.29, 0.717) is 5.56 Å². The average molecular weight is 216 g/mol. The van der Waals surface area contributed by atoms with Gasteiger partial charge in [0.1, 0.15) is 6.07 Å². The summed E-state index contributed by atoms with van der Waals surface area (Å²) in [5.41, 5.74) is 4.82. The smallest absolute Gasteiger partial charge is 0.101 e. The molecule has 2 heterocycles. The maximum absolute atomic E-state index is 8.78. The van der Waals surface area contributed by atoms with E-state index < -0.39 is 0 Å². The van der Waals surface area contributed by atoms with Gasteiger partial charge in [-0.3, -0.25) is 4.98 Å². The van der Waals surface area contributed by atoms with E-state index >= 15 is 0 Å². The monoisotopic (exact) mass is 216 g/mol. The van der Waals surface area contributed by atoms with E-state index in [4.69, 9.17) is 5.26 Å². The van der Waals surface area contributed by atoms with Gasteiger partial charge in [0.15, 0.2) is 0 Å². The van der Waals surface area contributed by atoms with Crippen LogP contribution in [-0.4, -0.2) is 23.1 Å². The summed E-state index contributed by atoms with van der Waals surface area (Å²) < 4.78 is 0. The number of anilines is 1. The van der Waals surface area contributed by atoms with E-state index in [-0.39, 0.29) is 0 Å². The van der Waals surface area contributed by atoms with Crippen molar-refractivity contribution in [3.8, 4) is 6.07 Å². The highest BCUT2D eigenvalue weighted by atomic mass is 15.5. The zero-order valence-electron chi connectivity index (χ0n) is 9.32. The summed E-state index contributed by atoms with van der Waals surface area (Å²) in [5.74, 6) is 0. The molecule has 16 heavy (non-hydrogen) atoms. The molecule has 1 aliphatic heterocycles. The Bertz CT molecular complexity index is 375. The minimum atomic E-state index is 0.597. The highest BCUT2D eigenvalue weighted by molar-refractivity contribution is 5.45. The number of nitriles is 1. The lowest BCUT2D eigenvalue weighted by Gasteiger charge is -2.21. The predicted molar refractivity (Wildman–Crippen MR) is 62.6 cm³/mol. The summed E-state index contributed by atoms with van der Waals surface area (Å²) >= 11 is 0. The van der Waals surface area contributed by atoms with Gasteiger partial charge < -0.3 is 5.43 Å². The van der Waals surface area contributed by atoms with Crippen molar-refractivity contribution >= 4 is 5.69 Å². The van der Waals surface area contributed by atoms with Crippen LogP contribution in [0.5, 0.6) is 0 Å². The van der Waals surface area contributed by atoms with Crippen LogP contribution >= 0.6 is 0 Å². The normalized spacial score (nSPS) is 17.4. The van der Waals surface area contributed by atoms with E-state index in [1.807, 2.05) is 6.07 Å². The molecule has 0 bridgehead atoms. The number of rotatable bonds is 2. The first kappa shape index (κ1) is 10.9. The standard InChI is InChI=1S/C12H16N4/c13-8-11-7-12(10-14-9-11)15-16-5-3-1-2-4-6-16/h7,9-10,15H,1-6H2. The maximum Gasteiger partial charge on any atom is 0.101 e. The molecule has 2 rings (SSSR count). The van der Waals surface area contributed by atoms with Gasteiger partial charge in [0.05, 0.1) is 17.4 Å². The third-order valence-corrected chi connectivity index (χ3v) is 2.76. The van der Waals surface area contributed by atoms with Crippen molar-refractivity contribution in [2.45, 2.75) is 25.7 Å². The van der Waals surface area contributed by atoms with E-state index in [0.717, 1.165) is 18.8 Å². The third kappa shape index (κ3) is 2.94. The van der Waals surface area contributed by atoms with Crippen LogP contribution in [0.2, 0.25) is 0 Å². The zero-order chi connectivity index (χ0) is 11.2. The molecule has 1 saturated heterocycles. The summed E-state index contributed by atoms with van der Waals surface area (Å²) in [6.45, 7) is 2.13. The molecule has 4 heteroatoms. The number of nitrogens with one attached hydrogen (secondary N) is 1. The molecule has 0 spiro atoms. The molecule has 1 aliphatic rings. The molecule has 0 atom stereocenters. The first-order valence-corrected chi connectivity index (χ1v) is 5.75. The molecule has 0 saturated carbocycles. The van der Waals surface area contributed by atoms with Crippen molar-refractivity contribution in [3.63, 3.8) is 0 Å². The van der Waals surface area contributed by atoms with Crippen molar-refractivity contribution in [2.75, 3.05) is 18.5 Å². The highest BCUT2D eigenvalue weighted by Crippen LogP contribution is 2.13. The number of pyridine rings is 1. The fraction of sp³-hybridized carbons (Fsp3) is 0.500. The Labute approximate surface area is 95.9 Å². The Kier molecular flexibility index (Phi) is 3.73. The Morgan fingerprint density at radius 3 is 2.62 bits per heavy atom. The number of hydrazine groups is 1. The quantitative estimate of drug-likeness (QED) is 0.823. The summed E-state index contributed by atoms with van der Waals surface area (Å²) in [6, 6.07) is 3.93. The molecule has 1 fully saturated rings. The van der Waals surface area contributed by atoms with Gasteiger partial charge in [-0.25, -0.2) is 5.01 Å². The van der Waals surface area contributed by atoms with Crippen molar-refractivity contribution < 1.29 is 0 Å². The fourth-order valence-electron chi connectivity index (χ4n) is 1.93. The van der Waals surface area contributed by atoms with E-state index in [9.17, 15) is 0 Å². The van der Waals surface area contributed by atoms with Gasteiger partial charge in [-0.05, 0) is 18.9 Å². The summed E-state index contributed by atoms with van der Waals surface area (Å²) in [4.78, 5) is 4.03. The van der Waals surface area contributed by atoms with Gasteiger partial charge >= 0.3 is 0 Å². The first-order valence-electron chi connectivity index (χ1n) is 5.75. The molecule has 4 nitrogen and oxygen atoms in total. The van der Waals surface area contributed by atoms with E-state index in [1.165, 1.54) is 25.7 Å². The third-order valence-electron chi connectivity index (χ3n) is 2.76. The van der Waals surface area contributed by atoms with Gasteiger partial charge in [0.2, 0.25) is 0 Å². The average Bonchev–Trinajstić information content (AvgIpc) is 2.58. The predicted octanol–water partition coefficient (Wildman–Crippen LogP) is 2.16. The number of aromatic nitrogens is 1. The Morgan fingerprint density at radius 1 is 1.19 bits per heavy atom. The molecular formula is C12H16N4. The SMILES string of the molecule is N#Cc1cncc(NN2CCCCCC2)c1. The van der Waals surface area contributed by atoms with Gasteiger partial charge in [-0.2, -0.15) is 5.26 Å². The van der Waals surface area contributed by atoms with Gasteiger partial charge in [-0.15, -0.1) is 0 Å². The lowest BCUT2D eigenvalue weighted by atomic mass is 10.2. The summed E-state index contributed by atoms with van der Waals surface area (Å²) in [7, 11) is 0. The van der Waals surface area contributed by atoms with Crippen molar-refractivity contribution in [2.24, 2.45) is 0 Å². The van der Waals surface area contributed by atoms with Crippen molar-refractivity contribution in [3.05, 3.63) is 24.0 Å². The Balaban J connectivity index is 1.99. The summed E-state index contributed by atoms with van der Waals surface area (Å²) in [5, 5.41) is 11.0. The molecule has 0 amide bonds. The minimum Gasteiger partial charge on any atom is -0.317 e. The number of nitrogens with zero attached hydrogens (tertiary/aromatic N) is 3. The van der Waals surface area contributed by atoms with Crippen LogP contribution in [0, 0.1) is 11.3 Å². The fourth-order valence-corrected chi connectivity index (χ4v) is 1.93. The highest BCUT2D eigenvalue weighted by Gasteiger charge is 2.08. The van der Waals surface area contributed by atoms with Crippen LogP contribution in [0.3, 0.4) is 0 Å². The molecule has 84 valence electrons. The lowest BCUT2D eigenvalue weighted by molar-refractivity contribution is 0.343. The topological polar surface area (TPSA) is 52.0 Å². The second-order valence-electron chi connectivity index (χ2n) is 4.09. The molecule has 0 radical (unpaired) electrons. The Morgan fingerprint density at radius 2 is 1.94 bits per heavy atom. The molecular weight excluding hydrogens is 200 g/mol. The molecule has 0 aromatic carbocycles. The van der Waals surface area contributed by atoms with Crippen molar-refractivity contribution in [1.82, 2.24) is 9.99 Å². The van der Waals surface area contributed by atoms with Gasteiger partial charge in [0, 0.05) is 19.3 Å². The molecule has 0 aliphatic carbocycles. The zero-order valence-corrected chi connectivity index (χ0v) is 9.32. The number of hydrogen-bond acceptors (Lipinski definition) is 4. The lowest BCUT2D eigenvalue weighted by Crippen LogP contribution is -2.30. The second kappa shape index (κ2) is 5.47. The van der Waals surface area contributed by atoms with Gasteiger partial charge in [0.25, 0.3) is 0 Å². The van der Waals surface area contributed by atoms with E-state index in [2.05, 4.69) is 21.5 Å². The van der Waals surface area contributed by atoms with Crippen LogP contribution in [-0.2, 0) is 0 Å². The van der Waals surface area contributed by atoms with Crippen LogP contribution in [0.4, 0.5) is 5.69 Å². The first-order chi connectivity index (χ1) is 7.88.